The van der Waals surface area contributed by atoms with Crippen LogP contribution in [0, 0.1) is 5.41 Å². The maximum atomic E-state index is 11.7. The zero-order valence-electron chi connectivity index (χ0n) is 10.7. The van der Waals surface area contributed by atoms with Crippen LogP contribution in [0.15, 0.2) is 12.2 Å². The van der Waals surface area contributed by atoms with Crippen LogP contribution in [-0.4, -0.2) is 45.7 Å². The Bertz CT molecular complexity index is 415. The van der Waals surface area contributed by atoms with Crippen molar-refractivity contribution < 1.29 is 19.8 Å². The lowest BCUT2D eigenvalue weighted by molar-refractivity contribution is -0.158. The Kier molecular flexibility index (Phi) is 2.97. The SMILES string of the molecule is CN(C1CC1)C1(C(=O)O)CC=CC(C)(C(=O)O)C1. The first-order valence-corrected chi connectivity index (χ1v) is 6.19. The molecule has 0 aromatic heterocycles. The average molecular weight is 253 g/mol. The maximum absolute atomic E-state index is 11.7. The highest BCUT2D eigenvalue weighted by Gasteiger charge is 2.53. The highest BCUT2D eigenvalue weighted by Crippen LogP contribution is 2.44. The summed E-state index contributed by atoms with van der Waals surface area (Å²) in [4.78, 5) is 24.9. The van der Waals surface area contributed by atoms with Gasteiger partial charge >= 0.3 is 11.9 Å². The molecular formula is C13H19NO4. The van der Waals surface area contributed by atoms with Crippen LogP contribution >= 0.6 is 0 Å². The fourth-order valence-corrected chi connectivity index (χ4v) is 2.79. The van der Waals surface area contributed by atoms with Crippen molar-refractivity contribution in [2.45, 2.75) is 44.2 Å². The summed E-state index contributed by atoms with van der Waals surface area (Å²) in [6.45, 7) is 1.59. The molecule has 2 rings (SSSR count). The Labute approximate surface area is 106 Å². The number of hydrogen-bond acceptors (Lipinski definition) is 3. The number of rotatable bonds is 4. The van der Waals surface area contributed by atoms with Gasteiger partial charge in [0.1, 0.15) is 5.54 Å². The van der Waals surface area contributed by atoms with E-state index in [1.54, 1.807) is 26.1 Å². The molecule has 100 valence electrons. The molecule has 0 aromatic rings. The lowest BCUT2D eigenvalue weighted by Crippen LogP contribution is -2.58. The number of aliphatic carboxylic acids is 2. The molecule has 0 radical (unpaired) electrons. The Morgan fingerprint density at radius 2 is 1.89 bits per heavy atom. The minimum Gasteiger partial charge on any atom is -0.481 e. The van der Waals surface area contributed by atoms with Crippen LogP contribution < -0.4 is 0 Å². The van der Waals surface area contributed by atoms with E-state index in [0.717, 1.165) is 12.8 Å². The summed E-state index contributed by atoms with van der Waals surface area (Å²) in [5, 5.41) is 18.9. The molecule has 2 atom stereocenters. The third-order valence-corrected chi connectivity index (χ3v) is 4.26. The summed E-state index contributed by atoms with van der Waals surface area (Å²) in [5.41, 5.74) is -2.18. The number of carbonyl (C=O) groups is 2. The molecule has 0 aliphatic heterocycles. The predicted molar refractivity (Wildman–Crippen MR) is 65.3 cm³/mol. The van der Waals surface area contributed by atoms with Gasteiger partial charge in [-0.05, 0) is 39.7 Å². The lowest BCUT2D eigenvalue weighted by atomic mass is 9.70. The third kappa shape index (κ3) is 1.92. The second-order valence-electron chi connectivity index (χ2n) is 5.68. The van der Waals surface area contributed by atoms with Gasteiger partial charge in [-0.3, -0.25) is 14.5 Å². The molecule has 0 saturated heterocycles. The zero-order valence-corrected chi connectivity index (χ0v) is 10.7. The average Bonchev–Trinajstić information content (AvgIpc) is 3.11. The van der Waals surface area contributed by atoms with E-state index >= 15 is 0 Å². The smallest absolute Gasteiger partial charge is 0.324 e. The minimum absolute atomic E-state index is 0.119. The van der Waals surface area contributed by atoms with Crippen LogP contribution in [0.3, 0.4) is 0 Å². The summed E-state index contributed by atoms with van der Waals surface area (Å²) >= 11 is 0. The van der Waals surface area contributed by atoms with Gasteiger partial charge in [0.05, 0.1) is 5.41 Å². The van der Waals surface area contributed by atoms with E-state index in [1.807, 2.05) is 4.90 Å². The number of likely N-dealkylation sites (N-methyl/N-ethyl adjacent to an activating group) is 1. The minimum atomic E-state index is -1.10. The molecule has 5 nitrogen and oxygen atoms in total. The Morgan fingerprint density at radius 3 is 2.33 bits per heavy atom. The second kappa shape index (κ2) is 4.09. The first kappa shape index (κ1) is 13.1. The van der Waals surface area contributed by atoms with Gasteiger partial charge in [-0.2, -0.15) is 0 Å². The highest BCUT2D eigenvalue weighted by molar-refractivity contribution is 5.84. The topological polar surface area (TPSA) is 77.8 Å². The summed E-state index contributed by atoms with van der Waals surface area (Å²) in [6.07, 6.45) is 5.81. The van der Waals surface area contributed by atoms with E-state index in [9.17, 15) is 19.8 Å². The van der Waals surface area contributed by atoms with E-state index < -0.39 is 22.9 Å². The Hall–Kier alpha value is -1.36. The van der Waals surface area contributed by atoms with E-state index in [0.29, 0.717) is 6.42 Å². The van der Waals surface area contributed by atoms with Gasteiger partial charge in [-0.1, -0.05) is 12.2 Å². The van der Waals surface area contributed by atoms with Crippen LogP contribution in [0.25, 0.3) is 0 Å². The molecule has 0 spiro atoms. The first-order chi connectivity index (χ1) is 8.32. The summed E-state index contributed by atoms with van der Waals surface area (Å²) in [6, 6.07) is 0.283. The molecule has 2 N–H and O–H groups in total. The molecule has 0 heterocycles. The molecule has 2 unspecified atom stereocenters. The van der Waals surface area contributed by atoms with Crippen molar-refractivity contribution in [2.24, 2.45) is 5.41 Å². The second-order valence-corrected chi connectivity index (χ2v) is 5.68. The molecule has 0 bridgehead atoms. The van der Waals surface area contributed by atoms with Gasteiger partial charge in [0.25, 0.3) is 0 Å². The standard InChI is InChI=1S/C13H19NO4/c1-12(10(15)16)6-3-7-13(8-12,11(17)18)14(2)9-4-5-9/h3,6,9H,4-5,7-8H2,1-2H3,(H,15,16)(H,17,18). The molecule has 2 aliphatic rings. The molecule has 18 heavy (non-hydrogen) atoms. The van der Waals surface area contributed by atoms with Gasteiger partial charge in [0.15, 0.2) is 0 Å². The highest BCUT2D eigenvalue weighted by atomic mass is 16.4. The fourth-order valence-electron chi connectivity index (χ4n) is 2.79. The monoisotopic (exact) mass is 253 g/mol. The van der Waals surface area contributed by atoms with Crippen LogP contribution in [0.5, 0.6) is 0 Å². The van der Waals surface area contributed by atoms with E-state index in [-0.39, 0.29) is 12.5 Å². The van der Waals surface area contributed by atoms with Crippen molar-refractivity contribution in [2.75, 3.05) is 7.05 Å². The van der Waals surface area contributed by atoms with Crippen LogP contribution in [0.2, 0.25) is 0 Å². The lowest BCUT2D eigenvalue weighted by Gasteiger charge is -2.44. The summed E-state index contributed by atoms with van der Waals surface area (Å²) in [7, 11) is 1.80. The number of carboxylic acid groups (broad SMARTS) is 2. The van der Waals surface area contributed by atoms with E-state index in [1.165, 1.54) is 0 Å². The van der Waals surface area contributed by atoms with Gasteiger partial charge in [0, 0.05) is 6.04 Å². The Balaban J connectivity index is 2.35. The maximum Gasteiger partial charge on any atom is 0.324 e. The van der Waals surface area contributed by atoms with Crippen LogP contribution in [0.1, 0.15) is 32.6 Å². The number of hydrogen-bond donors (Lipinski definition) is 2. The van der Waals surface area contributed by atoms with Crippen molar-refractivity contribution >= 4 is 11.9 Å². The summed E-state index contributed by atoms with van der Waals surface area (Å²) < 4.78 is 0. The normalized spacial score (nSPS) is 35.7. The quantitative estimate of drug-likeness (QED) is 0.739. The van der Waals surface area contributed by atoms with Crippen LogP contribution in [0.4, 0.5) is 0 Å². The van der Waals surface area contributed by atoms with Gasteiger partial charge in [0.2, 0.25) is 0 Å². The third-order valence-electron chi connectivity index (χ3n) is 4.26. The largest absolute Gasteiger partial charge is 0.481 e. The summed E-state index contributed by atoms with van der Waals surface area (Å²) in [5.74, 6) is -1.89. The molecule has 1 saturated carbocycles. The van der Waals surface area contributed by atoms with Crippen molar-refractivity contribution in [3.63, 3.8) is 0 Å². The molecule has 0 amide bonds. The van der Waals surface area contributed by atoms with E-state index in [2.05, 4.69) is 0 Å². The Morgan fingerprint density at radius 1 is 1.28 bits per heavy atom. The van der Waals surface area contributed by atoms with E-state index in [4.69, 9.17) is 0 Å². The molecule has 2 aliphatic carbocycles. The first-order valence-electron chi connectivity index (χ1n) is 6.19. The molecule has 1 fully saturated rings. The molecular weight excluding hydrogens is 234 g/mol. The van der Waals surface area contributed by atoms with Crippen molar-refractivity contribution in [3.05, 3.63) is 12.2 Å². The van der Waals surface area contributed by atoms with Crippen LogP contribution in [-0.2, 0) is 9.59 Å². The number of carboxylic acids is 2. The van der Waals surface area contributed by atoms with Gasteiger partial charge in [-0.25, -0.2) is 0 Å². The van der Waals surface area contributed by atoms with Gasteiger partial charge in [-0.15, -0.1) is 0 Å². The predicted octanol–water partition coefficient (Wildman–Crippen LogP) is 1.34. The van der Waals surface area contributed by atoms with Crippen molar-refractivity contribution in [3.8, 4) is 0 Å². The molecule has 0 aromatic carbocycles. The fraction of sp³-hybridized carbons (Fsp3) is 0.692. The molecule has 5 heteroatoms. The number of nitrogens with zero attached hydrogens (tertiary/aromatic N) is 1. The zero-order chi connectivity index (χ0) is 13.6. The van der Waals surface area contributed by atoms with Crippen molar-refractivity contribution in [1.29, 1.82) is 0 Å². The van der Waals surface area contributed by atoms with Gasteiger partial charge < -0.3 is 10.2 Å². The van der Waals surface area contributed by atoms with Crippen molar-refractivity contribution in [1.82, 2.24) is 4.90 Å².